The van der Waals surface area contributed by atoms with Crippen molar-refractivity contribution in [1.82, 2.24) is 15.5 Å². The molecule has 3 nitrogen and oxygen atoms in total. The van der Waals surface area contributed by atoms with Gasteiger partial charge < -0.3 is 5.32 Å². The van der Waals surface area contributed by atoms with Gasteiger partial charge in [0.15, 0.2) is 0 Å². The number of hydrogen-bond donors (Lipinski definition) is 1. The molecule has 0 aliphatic heterocycles. The summed E-state index contributed by atoms with van der Waals surface area (Å²) in [5, 5.41) is 12.6. The molecular weight excluding hydrogens is 367 g/mol. The molecule has 0 saturated heterocycles. The van der Waals surface area contributed by atoms with Gasteiger partial charge in [-0.15, -0.1) is 10.2 Å². The zero-order valence-electron chi connectivity index (χ0n) is 10.7. The number of halogens is 4. The van der Waals surface area contributed by atoms with Crippen LogP contribution in [-0.2, 0) is 12.7 Å². The van der Waals surface area contributed by atoms with Crippen molar-refractivity contribution < 1.29 is 13.2 Å². The number of rotatable bonds is 4. The standard InChI is InChI=1S/C13H11BrF3N3S/c14-10-4-1-7(13(15,16)17)5-9(10)12-20-19-11(21-12)6-18-8-2-3-8/h1,4-5,8,18H,2-3,6H2. The summed E-state index contributed by atoms with van der Waals surface area (Å²) in [6, 6.07) is 4.09. The summed E-state index contributed by atoms with van der Waals surface area (Å²) in [5.41, 5.74) is -0.270. The fourth-order valence-corrected chi connectivity index (χ4v) is 3.20. The third-order valence-electron chi connectivity index (χ3n) is 3.11. The number of alkyl halides is 3. The maximum atomic E-state index is 12.8. The minimum absolute atomic E-state index is 0.417. The van der Waals surface area contributed by atoms with Crippen molar-refractivity contribution in [3.8, 4) is 10.6 Å². The second kappa shape index (κ2) is 5.66. The van der Waals surface area contributed by atoms with Crippen LogP contribution in [0.5, 0.6) is 0 Å². The molecule has 2 aromatic rings. The number of nitrogens with zero attached hydrogens (tertiary/aromatic N) is 2. The van der Waals surface area contributed by atoms with E-state index in [4.69, 9.17) is 0 Å². The van der Waals surface area contributed by atoms with E-state index in [1.807, 2.05) is 0 Å². The Bertz CT molecular complexity index is 652. The van der Waals surface area contributed by atoms with E-state index < -0.39 is 11.7 Å². The lowest BCUT2D eigenvalue weighted by Crippen LogP contribution is -2.14. The quantitative estimate of drug-likeness (QED) is 0.865. The van der Waals surface area contributed by atoms with Crippen LogP contribution in [0.15, 0.2) is 22.7 Å². The Balaban J connectivity index is 1.84. The zero-order chi connectivity index (χ0) is 15.0. The van der Waals surface area contributed by atoms with Crippen molar-refractivity contribution in [3.63, 3.8) is 0 Å². The molecule has 0 bridgehead atoms. The van der Waals surface area contributed by atoms with Gasteiger partial charge in [-0.25, -0.2) is 0 Å². The van der Waals surface area contributed by atoms with Crippen LogP contribution >= 0.6 is 27.3 Å². The summed E-state index contributed by atoms with van der Waals surface area (Å²) in [7, 11) is 0. The van der Waals surface area contributed by atoms with E-state index in [-0.39, 0.29) is 0 Å². The van der Waals surface area contributed by atoms with Gasteiger partial charge >= 0.3 is 6.18 Å². The van der Waals surface area contributed by atoms with Crippen molar-refractivity contribution in [2.24, 2.45) is 0 Å². The Morgan fingerprint density at radius 1 is 1.29 bits per heavy atom. The first-order valence-corrected chi connectivity index (χ1v) is 7.97. The van der Waals surface area contributed by atoms with Crippen molar-refractivity contribution in [1.29, 1.82) is 0 Å². The van der Waals surface area contributed by atoms with Gasteiger partial charge in [0, 0.05) is 22.6 Å². The molecule has 112 valence electrons. The molecule has 0 radical (unpaired) electrons. The number of benzene rings is 1. The summed E-state index contributed by atoms with van der Waals surface area (Å²) < 4.78 is 38.9. The average Bonchev–Trinajstić information content (AvgIpc) is 3.13. The molecule has 1 aliphatic rings. The second-order valence-corrected chi connectivity index (χ2v) is 6.76. The SMILES string of the molecule is FC(F)(F)c1ccc(Br)c(-c2nnc(CNC3CC3)s2)c1. The first-order chi connectivity index (χ1) is 9.93. The molecule has 1 heterocycles. The van der Waals surface area contributed by atoms with Crippen LogP contribution in [0.4, 0.5) is 13.2 Å². The van der Waals surface area contributed by atoms with Crippen LogP contribution in [0, 0.1) is 0 Å². The van der Waals surface area contributed by atoms with Crippen molar-refractivity contribution in [2.75, 3.05) is 0 Å². The maximum absolute atomic E-state index is 12.8. The molecule has 0 spiro atoms. The smallest absolute Gasteiger partial charge is 0.308 e. The average molecular weight is 378 g/mol. The fraction of sp³-hybridized carbons (Fsp3) is 0.385. The van der Waals surface area contributed by atoms with Gasteiger partial charge in [0.2, 0.25) is 0 Å². The second-order valence-electron chi connectivity index (χ2n) is 4.85. The molecule has 3 rings (SSSR count). The van der Waals surface area contributed by atoms with E-state index in [2.05, 4.69) is 31.4 Å². The van der Waals surface area contributed by atoms with E-state index in [0.29, 0.717) is 27.6 Å². The minimum atomic E-state index is -4.36. The summed E-state index contributed by atoms with van der Waals surface area (Å²) in [6.45, 7) is 0.610. The number of nitrogens with one attached hydrogen (secondary N) is 1. The van der Waals surface area contributed by atoms with Crippen LogP contribution in [0.25, 0.3) is 10.6 Å². The maximum Gasteiger partial charge on any atom is 0.416 e. The van der Waals surface area contributed by atoms with Crippen molar-refractivity contribution >= 4 is 27.3 Å². The van der Waals surface area contributed by atoms with E-state index >= 15 is 0 Å². The lowest BCUT2D eigenvalue weighted by Gasteiger charge is -2.08. The summed E-state index contributed by atoms with van der Waals surface area (Å²) in [4.78, 5) is 0. The molecule has 1 saturated carbocycles. The molecular formula is C13H11BrF3N3S. The summed E-state index contributed by atoms with van der Waals surface area (Å²) >= 11 is 4.58. The Kier molecular flexibility index (Phi) is 4.02. The molecule has 1 aromatic heterocycles. The normalized spacial score (nSPS) is 15.4. The van der Waals surface area contributed by atoms with Gasteiger partial charge in [0.1, 0.15) is 10.0 Å². The lowest BCUT2D eigenvalue weighted by molar-refractivity contribution is -0.137. The van der Waals surface area contributed by atoms with Gasteiger partial charge in [-0.2, -0.15) is 13.2 Å². The molecule has 0 amide bonds. The monoisotopic (exact) mass is 377 g/mol. The highest BCUT2D eigenvalue weighted by molar-refractivity contribution is 9.10. The Morgan fingerprint density at radius 3 is 2.71 bits per heavy atom. The van der Waals surface area contributed by atoms with Crippen LogP contribution in [0.2, 0.25) is 0 Å². The van der Waals surface area contributed by atoms with E-state index in [1.165, 1.54) is 30.2 Å². The third-order valence-corrected chi connectivity index (χ3v) is 4.76. The highest BCUT2D eigenvalue weighted by Crippen LogP contribution is 2.37. The summed E-state index contributed by atoms with van der Waals surface area (Å²) in [6.07, 6.45) is -2.02. The Hall–Kier alpha value is -0.990. The van der Waals surface area contributed by atoms with Gasteiger partial charge in [-0.1, -0.05) is 27.3 Å². The molecule has 0 atom stereocenters. The van der Waals surface area contributed by atoms with Crippen molar-refractivity contribution in [3.05, 3.63) is 33.2 Å². The summed E-state index contributed by atoms with van der Waals surface area (Å²) in [5.74, 6) is 0. The fourth-order valence-electron chi connectivity index (χ4n) is 1.82. The largest absolute Gasteiger partial charge is 0.416 e. The Morgan fingerprint density at radius 2 is 2.05 bits per heavy atom. The van der Waals surface area contributed by atoms with Crippen LogP contribution in [0.3, 0.4) is 0 Å². The predicted octanol–water partition coefficient (Wildman–Crippen LogP) is 4.24. The molecule has 1 fully saturated rings. The number of hydrogen-bond acceptors (Lipinski definition) is 4. The third kappa shape index (κ3) is 3.61. The topological polar surface area (TPSA) is 37.8 Å². The first kappa shape index (κ1) is 14.9. The molecule has 1 N–H and O–H groups in total. The Labute approximate surface area is 131 Å². The first-order valence-electron chi connectivity index (χ1n) is 6.36. The molecule has 0 unspecified atom stereocenters. The van der Waals surface area contributed by atoms with Crippen molar-refractivity contribution in [2.45, 2.75) is 31.6 Å². The van der Waals surface area contributed by atoms with E-state index in [1.54, 1.807) is 0 Å². The van der Waals surface area contributed by atoms with Gasteiger partial charge in [-0.3, -0.25) is 0 Å². The number of aromatic nitrogens is 2. The lowest BCUT2D eigenvalue weighted by atomic mass is 10.1. The minimum Gasteiger partial charge on any atom is -0.308 e. The zero-order valence-corrected chi connectivity index (χ0v) is 13.1. The highest BCUT2D eigenvalue weighted by atomic mass is 79.9. The predicted molar refractivity (Wildman–Crippen MR) is 77.9 cm³/mol. The van der Waals surface area contributed by atoms with Crippen LogP contribution < -0.4 is 5.32 Å². The highest BCUT2D eigenvalue weighted by Gasteiger charge is 2.31. The van der Waals surface area contributed by atoms with Gasteiger partial charge in [0.25, 0.3) is 0 Å². The van der Waals surface area contributed by atoms with E-state index in [9.17, 15) is 13.2 Å². The van der Waals surface area contributed by atoms with Gasteiger partial charge in [0.05, 0.1) is 5.56 Å². The van der Waals surface area contributed by atoms with Crippen LogP contribution in [-0.4, -0.2) is 16.2 Å². The molecule has 21 heavy (non-hydrogen) atoms. The molecule has 8 heteroatoms. The van der Waals surface area contributed by atoms with E-state index in [0.717, 1.165) is 17.1 Å². The molecule has 1 aromatic carbocycles. The van der Waals surface area contributed by atoms with Gasteiger partial charge in [-0.05, 0) is 31.0 Å². The molecule has 1 aliphatic carbocycles. The van der Waals surface area contributed by atoms with Crippen LogP contribution in [0.1, 0.15) is 23.4 Å².